The van der Waals surface area contributed by atoms with E-state index in [1.807, 2.05) is 53.2 Å². The molecule has 0 aliphatic rings. The van der Waals surface area contributed by atoms with Gasteiger partial charge in [-0.1, -0.05) is 42.5 Å². The van der Waals surface area contributed by atoms with Crippen LogP contribution in [-0.4, -0.2) is 19.3 Å². The number of thiazole rings is 1. The van der Waals surface area contributed by atoms with Gasteiger partial charge in [0.05, 0.1) is 10.6 Å². The Morgan fingerprint density at radius 1 is 0.861 bits per heavy atom. The SMILES string of the molecule is O=C(Nc1nc(-c2cccs2)cs1)C(Sc1ccc(NS(=O)(=O)c2cccs2)cc1)c1ccccc1. The second kappa shape index (κ2) is 11.0. The highest BCUT2D eigenvalue weighted by atomic mass is 32.2. The maximum atomic E-state index is 13.3. The monoisotopic (exact) mass is 569 g/mol. The zero-order valence-corrected chi connectivity index (χ0v) is 22.6. The number of thiophene rings is 2. The van der Waals surface area contributed by atoms with Gasteiger partial charge in [0, 0.05) is 16.0 Å². The van der Waals surface area contributed by atoms with Gasteiger partial charge in [0.15, 0.2) is 5.13 Å². The molecule has 0 bridgehead atoms. The molecule has 1 amide bonds. The number of nitrogens with zero attached hydrogens (tertiary/aromatic N) is 1. The van der Waals surface area contributed by atoms with E-state index in [-0.39, 0.29) is 10.1 Å². The number of nitrogens with one attached hydrogen (secondary N) is 2. The van der Waals surface area contributed by atoms with Crippen LogP contribution in [0.5, 0.6) is 0 Å². The molecule has 1 atom stereocenters. The van der Waals surface area contributed by atoms with Crippen molar-refractivity contribution in [3.63, 3.8) is 0 Å². The van der Waals surface area contributed by atoms with Crippen LogP contribution in [0.4, 0.5) is 10.8 Å². The van der Waals surface area contributed by atoms with Gasteiger partial charge in [-0.2, -0.15) is 0 Å². The molecule has 2 aromatic carbocycles. The Labute approximate surface area is 225 Å². The normalized spacial score (nSPS) is 12.2. The minimum Gasteiger partial charge on any atom is -0.301 e. The summed E-state index contributed by atoms with van der Waals surface area (Å²) in [6.07, 6.45) is 0. The van der Waals surface area contributed by atoms with E-state index in [2.05, 4.69) is 15.0 Å². The molecule has 6 nitrogen and oxygen atoms in total. The predicted octanol–water partition coefficient (Wildman–Crippen LogP) is 7.21. The molecule has 11 heteroatoms. The molecule has 0 radical (unpaired) electrons. The Morgan fingerprint density at radius 2 is 1.61 bits per heavy atom. The highest BCUT2D eigenvalue weighted by Gasteiger charge is 2.23. The molecule has 0 spiro atoms. The number of rotatable bonds is 9. The average molecular weight is 570 g/mol. The van der Waals surface area contributed by atoms with Gasteiger partial charge in [-0.3, -0.25) is 9.52 Å². The third-order valence-corrected chi connectivity index (χ3v) is 10.7. The highest BCUT2D eigenvalue weighted by molar-refractivity contribution is 8.00. The van der Waals surface area contributed by atoms with Crippen LogP contribution in [0, 0.1) is 0 Å². The minimum atomic E-state index is -3.62. The number of thioether (sulfide) groups is 1. The number of sulfonamides is 1. The highest BCUT2D eigenvalue weighted by Crippen LogP contribution is 2.37. The van der Waals surface area contributed by atoms with E-state index in [1.54, 1.807) is 53.1 Å². The lowest BCUT2D eigenvalue weighted by Gasteiger charge is -2.16. The second-order valence-corrected chi connectivity index (χ2v) is 13.3. The van der Waals surface area contributed by atoms with Gasteiger partial charge in [-0.05, 0) is 52.7 Å². The molecule has 0 fully saturated rings. The number of carbonyl (C=O) groups excluding carboxylic acids is 1. The number of hydrogen-bond donors (Lipinski definition) is 2. The second-order valence-electron chi connectivity index (χ2n) is 7.47. The number of hydrogen-bond acceptors (Lipinski definition) is 8. The molecule has 5 aromatic rings. The molecule has 1 unspecified atom stereocenters. The summed E-state index contributed by atoms with van der Waals surface area (Å²) < 4.78 is 27.8. The number of anilines is 2. The van der Waals surface area contributed by atoms with E-state index in [0.717, 1.165) is 32.4 Å². The summed E-state index contributed by atoms with van der Waals surface area (Å²) >= 11 is 5.54. The minimum absolute atomic E-state index is 0.180. The van der Waals surface area contributed by atoms with Crippen LogP contribution in [0.2, 0.25) is 0 Å². The zero-order valence-electron chi connectivity index (χ0n) is 18.5. The molecule has 0 aliphatic carbocycles. The van der Waals surface area contributed by atoms with Gasteiger partial charge in [0.25, 0.3) is 10.0 Å². The number of benzene rings is 2. The zero-order chi connectivity index (χ0) is 25.0. The van der Waals surface area contributed by atoms with E-state index in [4.69, 9.17) is 0 Å². The van der Waals surface area contributed by atoms with Gasteiger partial charge in [0.2, 0.25) is 5.91 Å². The average Bonchev–Trinajstić information content (AvgIpc) is 3.67. The van der Waals surface area contributed by atoms with Crippen LogP contribution in [-0.2, 0) is 14.8 Å². The van der Waals surface area contributed by atoms with Crippen molar-refractivity contribution in [2.24, 2.45) is 0 Å². The fourth-order valence-corrected chi connectivity index (χ4v) is 7.85. The quantitative estimate of drug-likeness (QED) is 0.183. The first-order valence-electron chi connectivity index (χ1n) is 10.7. The van der Waals surface area contributed by atoms with Crippen LogP contribution in [0.3, 0.4) is 0 Å². The maximum Gasteiger partial charge on any atom is 0.271 e. The smallest absolute Gasteiger partial charge is 0.271 e. The van der Waals surface area contributed by atoms with Gasteiger partial charge in [0.1, 0.15) is 9.46 Å². The summed E-state index contributed by atoms with van der Waals surface area (Å²) in [6.45, 7) is 0. The van der Waals surface area contributed by atoms with Crippen molar-refractivity contribution in [1.82, 2.24) is 4.98 Å². The number of aromatic nitrogens is 1. The van der Waals surface area contributed by atoms with Gasteiger partial charge in [-0.15, -0.1) is 45.8 Å². The molecule has 3 heterocycles. The Balaban J connectivity index is 1.32. The van der Waals surface area contributed by atoms with Crippen molar-refractivity contribution in [2.45, 2.75) is 14.4 Å². The first kappa shape index (κ1) is 24.7. The van der Waals surface area contributed by atoms with Gasteiger partial charge in [-0.25, -0.2) is 13.4 Å². The molecule has 5 rings (SSSR count). The third kappa shape index (κ3) is 5.88. The lowest BCUT2D eigenvalue weighted by Crippen LogP contribution is -2.19. The topological polar surface area (TPSA) is 88.2 Å². The molecule has 2 N–H and O–H groups in total. The van der Waals surface area contributed by atoms with Crippen LogP contribution in [0.15, 0.2) is 104 Å². The van der Waals surface area contributed by atoms with Crippen LogP contribution in [0.25, 0.3) is 10.6 Å². The fraction of sp³-hybridized carbons (Fsp3) is 0.0400. The maximum absolute atomic E-state index is 13.3. The van der Waals surface area contributed by atoms with Crippen LogP contribution in [0.1, 0.15) is 10.8 Å². The van der Waals surface area contributed by atoms with Gasteiger partial charge >= 0.3 is 0 Å². The summed E-state index contributed by atoms with van der Waals surface area (Å²) in [4.78, 5) is 19.8. The van der Waals surface area contributed by atoms with Gasteiger partial charge < -0.3 is 5.32 Å². The van der Waals surface area contributed by atoms with Crippen molar-refractivity contribution in [3.05, 3.63) is 101 Å². The van der Waals surface area contributed by atoms with Crippen molar-refractivity contribution in [3.8, 4) is 10.6 Å². The first-order valence-corrected chi connectivity index (χ1v) is 15.7. The molecule has 182 valence electrons. The van der Waals surface area contributed by atoms with Crippen molar-refractivity contribution in [2.75, 3.05) is 10.0 Å². The molecule has 3 aromatic heterocycles. The van der Waals surface area contributed by atoms with E-state index in [0.29, 0.717) is 10.8 Å². The molecule has 0 aliphatic heterocycles. The standard InChI is InChI=1S/C25H19N3O3S5/c29-24(27-25-26-20(16-34-25)21-8-4-14-32-21)23(17-6-2-1-3-7-17)35-19-12-10-18(11-13-19)28-36(30,31)22-9-5-15-33-22/h1-16,23,28H,(H,26,27,29). The van der Waals surface area contributed by atoms with E-state index in [9.17, 15) is 13.2 Å². The Bertz CT molecular complexity index is 1530. The predicted molar refractivity (Wildman–Crippen MR) is 151 cm³/mol. The van der Waals surface area contributed by atoms with Crippen molar-refractivity contribution >= 4 is 72.5 Å². The summed E-state index contributed by atoms with van der Waals surface area (Å²) in [7, 11) is -3.62. The van der Waals surface area contributed by atoms with Crippen molar-refractivity contribution in [1.29, 1.82) is 0 Å². The molecular weight excluding hydrogens is 551 g/mol. The summed E-state index contributed by atoms with van der Waals surface area (Å²) in [5.41, 5.74) is 2.16. The Hall–Kier alpha value is -2.96. The lowest BCUT2D eigenvalue weighted by molar-refractivity contribution is -0.115. The summed E-state index contributed by atoms with van der Waals surface area (Å²) in [6, 6.07) is 23.8. The van der Waals surface area contributed by atoms with E-state index >= 15 is 0 Å². The van der Waals surface area contributed by atoms with Crippen LogP contribution >= 0.6 is 45.8 Å². The molecule has 36 heavy (non-hydrogen) atoms. The molecular formula is C25H19N3O3S5. The summed E-state index contributed by atoms with van der Waals surface area (Å²) in [5.74, 6) is -0.180. The number of amides is 1. The largest absolute Gasteiger partial charge is 0.301 e. The van der Waals surface area contributed by atoms with Crippen LogP contribution < -0.4 is 10.0 Å². The Morgan fingerprint density at radius 3 is 2.31 bits per heavy atom. The molecule has 0 saturated carbocycles. The van der Waals surface area contributed by atoms with Crippen molar-refractivity contribution < 1.29 is 13.2 Å². The fourth-order valence-electron chi connectivity index (χ4n) is 3.30. The number of carbonyl (C=O) groups is 1. The first-order chi connectivity index (χ1) is 17.5. The van der Waals surface area contributed by atoms with E-state index < -0.39 is 15.3 Å². The lowest BCUT2D eigenvalue weighted by atomic mass is 10.1. The van der Waals surface area contributed by atoms with E-state index in [1.165, 1.54) is 23.1 Å². The summed E-state index contributed by atoms with van der Waals surface area (Å²) in [5, 5.41) is 8.63. The third-order valence-electron chi connectivity index (χ3n) is 4.97. The molecule has 0 saturated heterocycles. The Kier molecular flexibility index (Phi) is 7.54.